The molecule has 0 spiro atoms. The van der Waals surface area contributed by atoms with E-state index in [0.717, 1.165) is 43.4 Å². The maximum absolute atomic E-state index is 13.1. The quantitative estimate of drug-likeness (QED) is 0.705. The number of amides is 2. The lowest BCUT2D eigenvalue weighted by Crippen LogP contribution is -2.61. The Labute approximate surface area is 185 Å². The number of hydrogen-bond donors (Lipinski definition) is 2. The van der Waals surface area contributed by atoms with Crippen molar-refractivity contribution < 1.29 is 9.59 Å². The number of carbonyl (C=O) groups is 2. The smallest absolute Gasteiger partial charge is 0.265 e. The Balaban J connectivity index is 1.32. The average molecular weight is 422 g/mol. The summed E-state index contributed by atoms with van der Waals surface area (Å²) >= 11 is 0. The van der Waals surface area contributed by atoms with Crippen LogP contribution in [0.2, 0.25) is 0 Å². The van der Waals surface area contributed by atoms with Gasteiger partial charge < -0.3 is 4.90 Å². The minimum Gasteiger partial charge on any atom is -0.342 e. The fourth-order valence-corrected chi connectivity index (χ4v) is 7.79. The normalized spacial score (nSPS) is 39.1. The van der Waals surface area contributed by atoms with Crippen molar-refractivity contribution in [1.82, 2.24) is 10.3 Å². The number of fused-ring (bicyclic) bond motifs is 5. The monoisotopic (exact) mass is 421 g/mol. The second kappa shape index (κ2) is 7.39. The van der Waals surface area contributed by atoms with Gasteiger partial charge in [0.2, 0.25) is 5.91 Å². The minimum absolute atomic E-state index is 0.00944. The zero-order valence-corrected chi connectivity index (χ0v) is 19.0. The number of hydrazine groups is 1. The molecule has 2 saturated carbocycles. The molecular weight excluding hydrogens is 386 g/mol. The highest BCUT2D eigenvalue weighted by Gasteiger charge is 2.60. The second-order valence-corrected chi connectivity index (χ2v) is 10.7. The molecular formula is C26H35N3O2. The Bertz CT molecular complexity index is 912. The van der Waals surface area contributed by atoms with Crippen LogP contribution in [0, 0.1) is 28.6 Å². The van der Waals surface area contributed by atoms with Crippen LogP contribution in [0.1, 0.15) is 58.8 Å². The summed E-state index contributed by atoms with van der Waals surface area (Å²) in [4.78, 5) is 27.5. The maximum Gasteiger partial charge on any atom is 0.265 e. The zero-order valence-electron chi connectivity index (χ0n) is 19.0. The molecule has 1 aromatic rings. The zero-order chi connectivity index (χ0) is 21.8. The highest BCUT2D eigenvalue weighted by Crippen LogP contribution is 2.64. The fraction of sp³-hybridized carbons (Fsp3) is 0.615. The van der Waals surface area contributed by atoms with E-state index in [4.69, 9.17) is 0 Å². The van der Waals surface area contributed by atoms with Gasteiger partial charge in [-0.25, -0.2) is 0 Å². The summed E-state index contributed by atoms with van der Waals surface area (Å²) in [6, 6.07) is 10.1. The van der Waals surface area contributed by atoms with Crippen molar-refractivity contribution in [2.75, 3.05) is 12.5 Å². The van der Waals surface area contributed by atoms with E-state index in [9.17, 15) is 9.59 Å². The van der Waals surface area contributed by atoms with Crippen molar-refractivity contribution in [1.29, 1.82) is 0 Å². The molecule has 1 heterocycles. The van der Waals surface area contributed by atoms with Crippen LogP contribution in [0.15, 0.2) is 42.0 Å². The summed E-state index contributed by atoms with van der Waals surface area (Å²) in [5.41, 5.74) is 8.01. The average Bonchev–Trinajstić information content (AvgIpc) is 3.13. The molecule has 1 aliphatic heterocycles. The summed E-state index contributed by atoms with van der Waals surface area (Å²) in [6.07, 6.45) is 9.41. The van der Waals surface area contributed by atoms with E-state index in [1.54, 1.807) is 0 Å². The lowest BCUT2D eigenvalue weighted by Gasteiger charge is -2.61. The Morgan fingerprint density at radius 1 is 1.06 bits per heavy atom. The largest absolute Gasteiger partial charge is 0.342 e. The molecule has 0 unspecified atom stereocenters. The minimum atomic E-state index is -0.0524. The third-order valence-corrected chi connectivity index (χ3v) is 9.48. The molecule has 6 atom stereocenters. The standard InChI is InChI=1S/C26H35N3O2/c1-25-15-13-20-18(9-12-22-26(20,2)16-14-23(30)29(22)3)19(25)10-11-21(25)24(31)28-27-17-7-5-4-6-8-17/h4-8,11,18-20,22,27H,9-10,12-16H2,1-3H3,(H,28,31)/t18-,19-,20-,22+,25-,26+/m0/s1. The number of para-hydroxylation sites is 1. The first-order chi connectivity index (χ1) is 14.8. The molecule has 0 aromatic heterocycles. The molecule has 5 nitrogen and oxygen atoms in total. The predicted molar refractivity (Wildman–Crippen MR) is 122 cm³/mol. The van der Waals surface area contributed by atoms with Crippen molar-refractivity contribution in [3.8, 4) is 0 Å². The van der Waals surface area contributed by atoms with Crippen LogP contribution in [0.25, 0.3) is 0 Å². The molecule has 2 N–H and O–H groups in total. The molecule has 0 bridgehead atoms. The number of piperidine rings is 1. The van der Waals surface area contributed by atoms with Gasteiger partial charge in [0, 0.05) is 30.5 Å². The van der Waals surface area contributed by atoms with Gasteiger partial charge in [-0.3, -0.25) is 20.4 Å². The highest BCUT2D eigenvalue weighted by atomic mass is 16.2. The van der Waals surface area contributed by atoms with E-state index in [2.05, 4.69) is 35.7 Å². The number of rotatable bonds is 3. The highest BCUT2D eigenvalue weighted by molar-refractivity contribution is 5.96. The number of nitrogens with one attached hydrogen (secondary N) is 2. The van der Waals surface area contributed by atoms with Gasteiger partial charge in [0.25, 0.3) is 5.91 Å². The van der Waals surface area contributed by atoms with E-state index in [0.29, 0.717) is 36.1 Å². The van der Waals surface area contributed by atoms with Crippen LogP contribution in [0.4, 0.5) is 5.69 Å². The summed E-state index contributed by atoms with van der Waals surface area (Å²) in [6.45, 7) is 4.76. The van der Waals surface area contributed by atoms with Gasteiger partial charge in [-0.1, -0.05) is 38.1 Å². The Kier molecular flexibility index (Phi) is 4.91. The van der Waals surface area contributed by atoms with Gasteiger partial charge in [0.05, 0.1) is 5.69 Å². The van der Waals surface area contributed by atoms with Gasteiger partial charge in [-0.2, -0.15) is 0 Å². The van der Waals surface area contributed by atoms with Gasteiger partial charge in [0.15, 0.2) is 0 Å². The molecule has 1 aromatic carbocycles. The molecule has 0 radical (unpaired) electrons. The lowest BCUT2D eigenvalue weighted by molar-refractivity contribution is -0.156. The number of benzene rings is 1. The molecule has 3 aliphatic carbocycles. The van der Waals surface area contributed by atoms with Crippen LogP contribution >= 0.6 is 0 Å². The summed E-state index contributed by atoms with van der Waals surface area (Å²) in [7, 11) is 2.01. The van der Waals surface area contributed by atoms with E-state index in [1.807, 2.05) is 37.4 Å². The number of anilines is 1. The maximum atomic E-state index is 13.1. The molecule has 3 fully saturated rings. The SMILES string of the molecule is CN1C(=O)CC[C@]2(C)[C@H]3CC[C@]4(C)C(C(=O)NNc5ccccc5)=CC[C@H]4[C@@H]3CC[C@@H]12. The van der Waals surface area contributed by atoms with Crippen LogP contribution in [-0.4, -0.2) is 29.8 Å². The fourth-order valence-electron chi connectivity index (χ4n) is 7.79. The number of nitrogens with zero attached hydrogens (tertiary/aromatic N) is 1. The number of allylic oxidation sites excluding steroid dienone is 1. The third-order valence-electron chi connectivity index (χ3n) is 9.48. The van der Waals surface area contributed by atoms with Crippen molar-refractivity contribution in [3.63, 3.8) is 0 Å². The molecule has 31 heavy (non-hydrogen) atoms. The molecule has 166 valence electrons. The third kappa shape index (κ3) is 3.11. The molecule has 5 rings (SSSR count). The number of carbonyl (C=O) groups excluding carboxylic acids is 2. The van der Waals surface area contributed by atoms with Crippen molar-refractivity contribution in [3.05, 3.63) is 42.0 Å². The summed E-state index contributed by atoms with van der Waals surface area (Å²) in [5, 5.41) is 0. The topological polar surface area (TPSA) is 61.4 Å². The molecule has 5 heteroatoms. The van der Waals surface area contributed by atoms with E-state index < -0.39 is 0 Å². The van der Waals surface area contributed by atoms with Crippen molar-refractivity contribution >= 4 is 17.5 Å². The Morgan fingerprint density at radius 2 is 1.84 bits per heavy atom. The molecule has 2 amide bonds. The van der Waals surface area contributed by atoms with Crippen LogP contribution in [0.5, 0.6) is 0 Å². The number of likely N-dealkylation sites (tertiary alicyclic amines) is 1. The van der Waals surface area contributed by atoms with Gasteiger partial charge in [-0.05, 0) is 73.8 Å². The first-order valence-corrected chi connectivity index (χ1v) is 11.9. The Hall–Kier alpha value is -2.30. The molecule has 1 saturated heterocycles. The molecule has 4 aliphatic rings. The van der Waals surface area contributed by atoms with Gasteiger partial charge in [0.1, 0.15) is 0 Å². The van der Waals surface area contributed by atoms with Crippen molar-refractivity contribution in [2.45, 2.75) is 64.8 Å². The Morgan fingerprint density at radius 3 is 2.61 bits per heavy atom. The van der Waals surface area contributed by atoms with E-state index >= 15 is 0 Å². The van der Waals surface area contributed by atoms with Crippen LogP contribution < -0.4 is 10.9 Å². The van der Waals surface area contributed by atoms with Crippen LogP contribution in [-0.2, 0) is 9.59 Å². The summed E-state index contributed by atoms with van der Waals surface area (Å²) < 4.78 is 0. The van der Waals surface area contributed by atoms with Gasteiger partial charge >= 0.3 is 0 Å². The summed E-state index contributed by atoms with van der Waals surface area (Å²) in [5.74, 6) is 2.15. The van der Waals surface area contributed by atoms with Crippen LogP contribution in [0.3, 0.4) is 0 Å². The first kappa shape index (κ1) is 20.6. The predicted octanol–water partition coefficient (Wildman–Crippen LogP) is 4.53. The number of hydrogen-bond acceptors (Lipinski definition) is 3. The van der Waals surface area contributed by atoms with Crippen molar-refractivity contribution in [2.24, 2.45) is 28.6 Å². The van der Waals surface area contributed by atoms with E-state index in [-0.39, 0.29) is 16.7 Å². The van der Waals surface area contributed by atoms with Gasteiger partial charge in [-0.15, -0.1) is 0 Å². The van der Waals surface area contributed by atoms with E-state index in [1.165, 1.54) is 6.42 Å². The first-order valence-electron chi connectivity index (χ1n) is 11.9. The lowest BCUT2D eigenvalue weighted by atomic mass is 9.47. The second-order valence-electron chi connectivity index (χ2n) is 10.7.